The first-order valence-electron chi connectivity index (χ1n) is 3.90. The molecule has 0 spiro atoms. The molecule has 1 aromatic carbocycles. The lowest BCUT2D eigenvalue weighted by molar-refractivity contribution is -0.107. The van der Waals surface area contributed by atoms with Crippen molar-refractivity contribution in [2.75, 3.05) is 12.4 Å². The highest BCUT2D eigenvalue weighted by atomic mass is 32.2. The third-order valence-electron chi connectivity index (χ3n) is 1.86. The Labute approximate surface area is 80.5 Å². The number of anilines is 1. The number of carbonyl (C=O) groups excluding carboxylic acids is 1. The molecule has 0 bridgehead atoms. The van der Waals surface area contributed by atoms with Crippen LogP contribution >= 0.6 is 11.8 Å². The van der Waals surface area contributed by atoms with E-state index in [1.165, 1.54) is 11.8 Å². The van der Waals surface area contributed by atoms with Gasteiger partial charge in [-0.15, -0.1) is 0 Å². The summed E-state index contributed by atoms with van der Waals surface area (Å²) in [7, 11) is 1.63. The number of benzene rings is 1. The minimum atomic E-state index is -0.151. The number of hydrogen-bond donors (Lipinski definition) is 1. The van der Waals surface area contributed by atoms with E-state index >= 15 is 0 Å². The molecule has 0 amide bonds. The predicted octanol–water partition coefficient (Wildman–Crippen LogP) is 1.74. The van der Waals surface area contributed by atoms with Gasteiger partial charge in [-0.1, -0.05) is 11.8 Å². The van der Waals surface area contributed by atoms with Crippen molar-refractivity contribution < 1.29 is 9.53 Å². The highest BCUT2D eigenvalue weighted by Crippen LogP contribution is 2.39. The number of carbonyl (C=O) groups is 1. The third-order valence-corrected chi connectivity index (χ3v) is 2.94. The third kappa shape index (κ3) is 1.49. The molecule has 1 atom stereocenters. The van der Waals surface area contributed by atoms with Crippen LogP contribution in [0.15, 0.2) is 23.1 Å². The molecule has 0 saturated heterocycles. The van der Waals surface area contributed by atoms with Crippen molar-refractivity contribution in [3.63, 3.8) is 0 Å². The highest BCUT2D eigenvalue weighted by molar-refractivity contribution is 8.01. The van der Waals surface area contributed by atoms with Gasteiger partial charge >= 0.3 is 0 Å². The average Bonchev–Trinajstić information content (AvgIpc) is 2.58. The van der Waals surface area contributed by atoms with Crippen LogP contribution in [-0.2, 0) is 4.79 Å². The van der Waals surface area contributed by atoms with Crippen LogP contribution in [0.1, 0.15) is 0 Å². The number of aldehydes is 1. The van der Waals surface area contributed by atoms with Gasteiger partial charge in [0.15, 0.2) is 6.29 Å². The van der Waals surface area contributed by atoms with Crippen LogP contribution in [0.25, 0.3) is 0 Å². The van der Waals surface area contributed by atoms with E-state index in [-0.39, 0.29) is 5.37 Å². The van der Waals surface area contributed by atoms with Gasteiger partial charge in [-0.3, -0.25) is 0 Å². The molecule has 68 valence electrons. The van der Waals surface area contributed by atoms with Crippen molar-refractivity contribution in [2.45, 2.75) is 10.3 Å². The molecule has 1 aliphatic rings. The second-order valence-electron chi connectivity index (χ2n) is 2.68. The molecule has 1 unspecified atom stereocenters. The minimum absolute atomic E-state index is 0.151. The molecule has 1 aliphatic heterocycles. The minimum Gasteiger partial charge on any atom is -0.497 e. The zero-order valence-corrected chi connectivity index (χ0v) is 7.93. The number of thioether (sulfide) groups is 1. The van der Waals surface area contributed by atoms with Crippen molar-refractivity contribution in [3.05, 3.63) is 18.2 Å². The quantitative estimate of drug-likeness (QED) is 0.729. The van der Waals surface area contributed by atoms with Crippen molar-refractivity contribution in [1.29, 1.82) is 0 Å². The number of ether oxygens (including phenoxy) is 1. The molecule has 3 nitrogen and oxygen atoms in total. The Kier molecular flexibility index (Phi) is 2.14. The summed E-state index contributed by atoms with van der Waals surface area (Å²) >= 11 is 1.51. The van der Waals surface area contributed by atoms with E-state index < -0.39 is 0 Å². The number of nitrogens with one attached hydrogen (secondary N) is 1. The molecule has 2 rings (SSSR count). The topological polar surface area (TPSA) is 38.3 Å². The standard InChI is InChI=1S/C9H9NO2S/c1-12-6-2-3-7-8(4-6)13-9(5-11)10-7/h2-5,9-10H,1H3. The van der Waals surface area contributed by atoms with Crippen LogP contribution < -0.4 is 10.1 Å². The second-order valence-corrected chi connectivity index (χ2v) is 3.86. The van der Waals surface area contributed by atoms with Crippen molar-refractivity contribution >= 4 is 23.7 Å². The molecule has 0 fully saturated rings. The maximum atomic E-state index is 10.5. The Morgan fingerprint density at radius 2 is 2.46 bits per heavy atom. The number of fused-ring (bicyclic) bond motifs is 1. The van der Waals surface area contributed by atoms with E-state index in [0.717, 1.165) is 22.6 Å². The largest absolute Gasteiger partial charge is 0.497 e. The first kappa shape index (κ1) is 8.44. The van der Waals surface area contributed by atoms with Gasteiger partial charge in [0, 0.05) is 10.6 Å². The first-order valence-corrected chi connectivity index (χ1v) is 4.78. The smallest absolute Gasteiger partial charge is 0.152 e. The van der Waals surface area contributed by atoms with Gasteiger partial charge in [0.05, 0.1) is 7.11 Å². The molecule has 13 heavy (non-hydrogen) atoms. The fourth-order valence-electron chi connectivity index (χ4n) is 1.23. The van der Waals surface area contributed by atoms with Crippen LogP contribution in [0.5, 0.6) is 5.75 Å². The van der Waals surface area contributed by atoms with Crippen LogP contribution in [0.3, 0.4) is 0 Å². The SMILES string of the molecule is COc1ccc2c(c1)SC(C=O)N2. The fourth-order valence-corrected chi connectivity index (χ4v) is 2.18. The summed E-state index contributed by atoms with van der Waals surface area (Å²) in [4.78, 5) is 11.6. The Morgan fingerprint density at radius 3 is 3.15 bits per heavy atom. The van der Waals surface area contributed by atoms with Gasteiger partial charge in [-0.05, 0) is 18.2 Å². The lowest BCUT2D eigenvalue weighted by Crippen LogP contribution is -2.10. The number of hydrogen-bond acceptors (Lipinski definition) is 4. The van der Waals surface area contributed by atoms with E-state index in [1.54, 1.807) is 7.11 Å². The lowest BCUT2D eigenvalue weighted by Gasteiger charge is -2.01. The molecule has 1 N–H and O–H groups in total. The number of rotatable bonds is 2. The van der Waals surface area contributed by atoms with Gasteiger partial charge in [0.1, 0.15) is 11.1 Å². The summed E-state index contributed by atoms with van der Waals surface area (Å²) in [6.07, 6.45) is 0.900. The summed E-state index contributed by atoms with van der Waals surface area (Å²) in [6.45, 7) is 0. The molecule has 1 aromatic rings. The zero-order valence-electron chi connectivity index (χ0n) is 7.11. The maximum Gasteiger partial charge on any atom is 0.152 e. The van der Waals surface area contributed by atoms with E-state index in [4.69, 9.17) is 4.74 Å². The summed E-state index contributed by atoms with van der Waals surface area (Å²) in [5, 5.41) is 2.92. The molecule has 1 heterocycles. The van der Waals surface area contributed by atoms with Gasteiger partial charge in [-0.25, -0.2) is 0 Å². The van der Waals surface area contributed by atoms with Crippen molar-refractivity contribution in [2.24, 2.45) is 0 Å². The van der Waals surface area contributed by atoms with Crippen LogP contribution in [-0.4, -0.2) is 18.8 Å². The first-order chi connectivity index (χ1) is 6.33. The average molecular weight is 195 g/mol. The monoisotopic (exact) mass is 195 g/mol. The van der Waals surface area contributed by atoms with Crippen molar-refractivity contribution in [3.8, 4) is 5.75 Å². The number of methoxy groups -OCH3 is 1. The normalized spacial score (nSPS) is 19.0. The summed E-state index contributed by atoms with van der Waals surface area (Å²) in [5.41, 5.74) is 1.00. The molecule has 4 heteroatoms. The molecule has 0 aromatic heterocycles. The van der Waals surface area contributed by atoms with Gasteiger partial charge in [0.25, 0.3) is 0 Å². The summed E-state index contributed by atoms with van der Waals surface area (Å²) < 4.78 is 5.08. The highest BCUT2D eigenvalue weighted by Gasteiger charge is 2.20. The Morgan fingerprint density at radius 1 is 1.62 bits per heavy atom. The molecule has 0 saturated carbocycles. The van der Waals surface area contributed by atoms with E-state index in [9.17, 15) is 4.79 Å². The van der Waals surface area contributed by atoms with Gasteiger partial charge in [0.2, 0.25) is 0 Å². The predicted molar refractivity (Wildman–Crippen MR) is 52.3 cm³/mol. The molecular formula is C9H9NO2S. The molecular weight excluding hydrogens is 186 g/mol. The van der Waals surface area contributed by atoms with E-state index in [2.05, 4.69) is 5.32 Å². The van der Waals surface area contributed by atoms with Gasteiger partial charge in [-0.2, -0.15) is 0 Å². The van der Waals surface area contributed by atoms with Crippen LogP contribution in [0.2, 0.25) is 0 Å². The second kappa shape index (κ2) is 3.30. The van der Waals surface area contributed by atoms with Crippen LogP contribution in [0.4, 0.5) is 5.69 Å². The summed E-state index contributed by atoms with van der Waals surface area (Å²) in [5.74, 6) is 0.819. The molecule has 0 aliphatic carbocycles. The Hall–Kier alpha value is -1.16. The lowest BCUT2D eigenvalue weighted by atomic mass is 10.3. The van der Waals surface area contributed by atoms with E-state index in [0.29, 0.717) is 0 Å². The van der Waals surface area contributed by atoms with Crippen molar-refractivity contribution in [1.82, 2.24) is 0 Å². The fraction of sp³-hybridized carbons (Fsp3) is 0.222. The Balaban J connectivity index is 2.30. The maximum absolute atomic E-state index is 10.5. The van der Waals surface area contributed by atoms with E-state index in [1.807, 2.05) is 18.2 Å². The van der Waals surface area contributed by atoms with Gasteiger partial charge < -0.3 is 14.8 Å². The van der Waals surface area contributed by atoms with Crippen LogP contribution in [0, 0.1) is 0 Å². The zero-order chi connectivity index (χ0) is 9.26. The summed E-state index contributed by atoms with van der Waals surface area (Å²) in [6, 6.07) is 5.72. The molecule has 0 radical (unpaired) electrons. The Bertz CT molecular complexity index is 340.